The van der Waals surface area contributed by atoms with Gasteiger partial charge in [-0.25, -0.2) is 14.1 Å². The lowest BCUT2D eigenvalue weighted by Gasteiger charge is -2.10. The first-order chi connectivity index (χ1) is 10.2. The summed E-state index contributed by atoms with van der Waals surface area (Å²) in [5.74, 6) is -0.0155. The molecule has 0 bridgehead atoms. The number of rotatable bonds is 4. The second kappa shape index (κ2) is 6.03. The highest BCUT2D eigenvalue weighted by atomic mass is 19.1. The van der Waals surface area contributed by atoms with Gasteiger partial charge in [-0.05, 0) is 37.0 Å². The third kappa shape index (κ3) is 3.26. The first-order valence-electron chi connectivity index (χ1n) is 7.17. The molecule has 1 saturated carbocycles. The Labute approximate surface area is 122 Å². The highest BCUT2D eigenvalue weighted by Crippen LogP contribution is 2.28. The molecule has 110 valence electrons. The van der Waals surface area contributed by atoms with Crippen LogP contribution in [0.1, 0.15) is 32.1 Å². The standard InChI is InChI=1S/C15H17FN4O/c16-13-8-12(5-6-14(13)20-10-17-9-18-20)19-15(21)7-11-3-1-2-4-11/h5-6,8-11H,1-4,7H2,(H,19,21). The molecule has 1 aromatic heterocycles. The number of nitrogens with one attached hydrogen (secondary N) is 1. The van der Waals surface area contributed by atoms with Gasteiger partial charge in [-0.1, -0.05) is 12.8 Å². The summed E-state index contributed by atoms with van der Waals surface area (Å²) in [5, 5.41) is 6.64. The number of carbonyl (C=O) groups is 1. The lowest BCUT2D eigenvalue weighted by molar-refractivity contribution is -0.117. The lowest BCUT2D eigenvalue weighted by Crippen LogP contribution is -2.15. The van der Waals surface area contributed by atoms with Crippen LogP contribution in [0, 0.1) is 11.7 Å². The van der Waals surface area contributed by atoms with Gasteiger partial charge in [0.15, 0.2) is 5.82 Å². The molecule has 0 radical (unpaired) electrons. The monoisotopic (exact) mass is 288 g/mol. The van der Waals surface area contributed by atoms with Crippen LogP contribution in [0.3, 0.4) is 0 Å². The maximum atomic E-state index is 14.0. The number of hydrogen-bond donors (Lipinski definition) is 1. The van der Waals surface area contributed by atoms with Crippen LogP contribution in [0.15, 0.2) is 30.9 Å². The van der Waals surface area contributed by atoms with Crippen molar-refractivity contribution in [3.63, 3.8) is 0 Å². The molecule has 1 amide bonds. The van der Waals surface area contributed by atoms with Crippen LogP contribution < -0.4 is 5.32 Å². The second-order valence-corrected chi connectivity index (χ2v) is 5.41. The third-order valence-corrected chi connectivity index (χ3v) is 3.85. The van der Waals surface area contributed by atoms with Gasteiger partial charge in [0.25, 0.3) is 0 Å². The van der Waals surface area contributed by atoms with Crippen LogP contribution in [-0.4, -0.2) is 20.7 Å². The van der Waals surface area contributed by atoms with E-state index in [1.807, 2.05) is 0 Å². The molecule has 3 rings (SSSR count). The van der Waals surface area contributed by atoms with Gasteiger partial charge in [-0.3, -0.25) is 4.79 Å². The van der Waals surface area contributed by atoms with Crippen molar-refractivity contribution in [2.75, 3.05) is 5.32 Å². The zero-order valence-corrected chi connectivity index (χ0v) is 11.6. The molecule has 1 heterocycles. The van der Waals surface area contributed by atoms with Gasteiger partial charge >= 0.3 is 0 Å². The average Bonchev–Trinajstić information content (AvgIpc) is 3.11. The molecule has 6 heteroatoms. The minimum absolute atomic E-state index is 0.0465. The van der Waals surface area contributed by atoms with Crippen molar-refractivity contribution in [2.24, 2.45) is 5.92 Å². The quantitative estimate of drug-likeness (QED) is 0.941. The molecule has 0 atom stereocenters. The predicted octanol–water partition coefficient (Wildman–Crippen LogP) is 2.93. The maximum Gasteiger partial charge on any atom is 0.224 e. The summed E-state index contributed by atoms with van der Waals surface area (Å²) in [5.41, 5.74) is 0.778. The SMILES string of the molecule is O=C(CC1CCCC1)Nc1ccc(-n2cncn2)c(F)c1. The van der Waals surface area contributed by atoms with Crippen LogP contribution in [-0.2, 0) is 4.79 Å². The van der Waals surface area contributed by atoms with Crippen molar-refractivity contribution < 1.29 is 9.18 Å². The number of halogens is 1. The Morgan fingerprint density at radius 1 is 1.38 bits per heavy atom. The van der Waals surface area contributed by atoms with Crippen LogP contribution in [0.5, 0.6) is 0 Å². The topological polar surface area (TPSA) is 59.8 Å². The van der Waals surface area contributed by atoms with Crippen LogP contribution in [0.4, 0.5) is 10.1 Å². The van der Waals surface area contributed by atoms with E-state index in [2.05, 4.69) is 15.4 Å². The minimum Gasteiger partial charge on any atom is -0.326 e. The van der Waals surface area contributed by atoms with Gasteiger partial charge in [-0.15, -0.1) is 0 Å². The van der Waals surface area contributed by atoms with Gasteiger partial charge < -0.3 is 5.32 Å². The highest BCUT2D eigenvalue weighted by Gasteiger charge is 2.18. The summed E-state index contributed by atoms with van der Waals surface area (Å²) in [6.45, 7) is 0. The number of nitrogens with zero attached hydrogens (tertiary/aromatic N) is 3. The summed E-state index contributed by atoms with van der Waals surface area (Å²) in [4.78, 5) is 15.7. The fourth-order valence-corrected chi connectivity index (χ4v) is 2.79. The number of aromatic nitrogens is 3. The first kappa shape index (κ1) is 13.7. The zero-order chi connectivity index (χ0) is 14.7. The second-order valence-electron chi connectivity index (χ2n) is 5.41. The summed E-state index contributed by atoms with van der Waals surface area (Å²) in [6, 6.07) is 4.56. The van der Waals surface area contributed by atoms with Gasteiger partial charge in [0.1, 0.15) is 18.3 Å². The van der Waals surface area contributed by atoms with Crippen molar-refractivity contribution in [1.82, 2.24) is 14.8 Å². The van der Waals surface area contributed by atoms with E-state index in [0.29, 0.717) is 23.7 Å². The first-order valence-corrected chi connectivity index (χ1v) is 7.17. The summed E-state index contributed by atoms with van der Waals surface area (Å²) < 4.78 is 15.4. The van der Waals surface area contributed by atoms with Gasteiger partial charge in [-0.2, -0.15) is 5.10 Å². The smallest absolute Gasteiger partial charge is 0.224 e. The van der Waals surface area contributed by atoms with Crippen molar-refractivity contribution in [3.8, 4) is 5.69 Å². The number of hydrogen-bond acceptors (Lipinski definition) is 3. The maximum absolute atomic E-state index is 14.0. The van der Waals surface area contributed by atoms with E-state index in [-0.39, 0.29) is 5.91 Å². The Morgan fingerprint density at radius 3 is 2.86 bits per heavy atom. The third-order valence-electron chi connectivity index (χ3n) is 3.85. The number of amides is 1. The summed E-state index contributed by atoms with van der Waals surface area (Å²) in [7, 11) is 0. The molecule has 2 aromatic rings. The molecular weight excluding hydrogens is 271 g/mol. The molecule has 5 nitrogen and oxygen atoms in total. The minimum atomic E-state index is -0.445. The van der Waals surface area contributed by atoms with E-state index < -0.39 is 5.82 Å². The van der Waals surface area contributed by atoms with Crippen molar-refractivity contribution >= 4 is 11.6 Å². The average molecular weight is 288 g/mol. The zero-order valence-electron chi connectivity index (χ0n) is 11.6. The molecule has 0 spiro atoms. The van der Waals surface area contributed by atoms with Crippen LogP contribution >= 0.6 is 0 Å². The van der Waals surface area contributed by atoms with E-state index in [1.54, 1.807) is 12.1 Å². The Kier molecular flexibility index (Phi) is 3.94. The Balaban J connectivity index is 1.66. The predicted molar refractivity (Wildman–Crippen MR) is 76.5 cm³/mol. The van der Waals surface area contributed by atoms with Crippen LogP contribution in [0.25, 0.3) is 5.69 Å². The lowest BCUT2D eigenvalue weighted by atomic mass is 10.0. The molecule has 1 aliphatic rings. The van der Waals surface area contributed by atoms with E-state index >= 15 is 0 Å². The molecule has 21 heavy (non-hydrogen) atoms. The molecule has 1 N–H and O–H groups in total. The number of carbonyl (C=O) groups excluding carboxylic acids is 1. The Morgan fingerprint density at radius 2 is 2.19 bits per heavy atom. The largest absolute Gasteiger partial charge is 0.326 e. The van der Waals surface area contributed by atoms with Crippen molar-refractivity contribution in [1.29, 1.82) is 0 Å². The molecular formula is C15H17FN4O. The van der Waals surface area contributed by atoms with Crippen LogP contribution in [0.2, 0.25) is 0 Å². The van der Waals surface area contributed by atoms with E-state index in [1.165, 1.54) is 36.2 Å². The van der Waals surface area contributed by atoms with E-state index in [0.717, 1.165) is 12.8 Å². The van der Waals surface area contributed by atoms with Crippen molar-refractivity contribution in [3.05, 3.63) is 36.7 Å². The fraction of sp³-hybridized carbons (Fsp3) is 0.400. The number of benzene rings is 1. The van der Waals surface area contributed by atoms with Crippen molar-refractivity contribution in [2.45, 2.75) is 32.1 Å². The Bertz CT molecular complexity index is 621. The normalized spacial score (nSPS) is 15.3. The Hall–Kier alpha value is -2.24. The summed E-state index contributed by atoms with van der Waals surface area (Å²) >= 11 is 0. The number of anilines is 1. The van der Waals surface area contributed by atoms with E-state index in [9.17, 15) is 9.18 Å². The van der Waals surface area contributed by atoms with Gasteiger partial charge in [0, 0.05) is 12.1 Å². The molecule has 1 fully saturated rings. The van der Waals surface area contributed by atoms with Gasteiger partial charge in [0.2, 0.25) is 5.91 Å². The van der Waals surface area contributed by atoms with Gasteiger partial charge in [0.05, 0.1) is 0 Å². The summed E-state index contributed by atoms with van der Waals surface area (Å²) in [6.07, 6.45) is 7.94. The molecule has 0 aliphatic heterocycles. The van der Waals surface area contributed by atoms with E-state index in [4.69, 9.17) is 0 Å². The molecule has 1 aromatic carbocycles. The highest BCUT2D eigenvalue weighted by molar-refractivity contribution is 5.90. The molecule has 0 unspecified atom stereocenters. The molecule has 1 aliphatic carbocycles. The molecule has 0 saturated heterocycles. The fourth-order valence-electron chi connectivity index (χ4n) is 2.79.